The largest absolute Gasteiger partial charge is 2.00 e. The van der Waals surface area contributed by atoms with Crippen LogP contribution < -0.4 is 37.9 Å². The van der Waals surface area contributed by atoms with E-state index >= 15 is 0 Å². The van der Waals surface area contributed by atoms with Gasteiger partial charge >= 0.3 is 42.1 Å². The van der Waals surface area contributed by atoms with E-state index in [0.29, 0.717) is 0 Å². The fourth-order valence-corrected chi connectivity index (χ4v) is 6.00. The van der Waals surface area contributed by atoms with Crippen LogP contribution in [0.1, 0.15) is 0 Å². The van der Waals surface area contributed by atoms with Crippen LogP contribution in [0.15, 0.2) is 214 Å². The summed E-state index contributed by atoms with van der Waals surface area (Å²) in [5.41, 5.74) is 6.65. The Hall–Kier alpha value is -8.58. The van der Waals surface area contributed by atoms with Crippen LogP contribution in [0.25, 0.3) is 21.3 Å². The predicted molar refractivity (Wildman–Crippen MR) is 309 cm³/mol. The van der Waals surface area contributed by atoms with E-state index in [1.807, 2.05) is 194 Å². The van der Waals surface area contributed by atoms with Gasteiger partial charge in [0.1, 0.15) is 46.0 Å². The average molecular weight is 1390 g/mol. The molecule has 0 heterocycles. The van der Waals surface area contributed by atoms with Crippen molar-refractivity contribution < 1.29 is 80.0 Å². The van der Waals surface area contributed by atoms with Gasteiger partial charge in [0.25, 0.3) is 0 Å². The Morgan fingerprint density at radius 1 is 0.218 bits per heavy atom. The van der Waals surface area contributed by atoms with Gasteiger partial charge in [-0.25, -0.2) is 0 Å². The van der Waals surface area contributed by atoms with E-state index in [9.17, 15) is 0 Å². The number of hydrogen-bond donors (Lipinski definition) is 0. The number of methoxy groups -OCH3 is 8. The monoisotopic (exact) mass is 1390 g/mol. The molecule has 0 fully saturated rings. The van der Waals surface area contributed by atoms with Crippen LogP contribution >= 0.6 is 0 Å². The molecule has 0 saturated heterocycles. The molecular formula is C60H60N8O8W2. The van der Waals surface area contributed by atoms with Crippen molar-refractivity contribution in [2.75, 3.05) is 56.9 Å². The minimum atomic E-state index is 0. The normalized spacial score (nSPS) is 10.2. The van der Waals surface area contributed by atoms with Crippen molar-refractivity contribution in [3.05, 3.63) is 215 Å². The molecule has 0 bridgehead atoms. The molecule has 0 atom stereocenters. The molecule has 0 spiro atoms. The minimum absolute atomic E-state index is 0. The van der Waals surface area contributed by atoms with Crippen LogP contribution in [0, 0.1) is 0 Å². The Kier molecular flexibility index (Phi) is 30.4. The quantitative estimate of drug-likeness (QED) is 0.0534. The molecule has 0 N–H and O–H groups in total. The van der Waals surface area contributed by atoms with Gasteiger partial charge in [-0.15, -0.1) is 0 Å². The van der Waals surface area contributed by atoms with Gasteiger partial charge in [0.15, 0.2) is 0 Å². The van der Waals surface area contributed by atoms with Gasteiger partial charge in [-0.1, -0.05) is 122 Å². The summed E-state index contributed by atoms with van der Waals surface area (Å²) in [6.07, 6.45) is 6.13. The number of hydrogen-bond acceptors (Lipinski definition) is 12. The first kappa shape index (κ1) is 63.7. The van der Waals surface area contributed by atoms with Gasteiger partial charge in [-0.2, -0.15) is 0 Å². The summed E-state index contributed by atoms with van der Waals surface area (Å²) in [5.74, 6) is 6.49. The van der Waals surface area contributed by atoms with E-state index in [0.717, 1.165) is 91.5 Å². The van der Waals surface area contributed by atoms with E-state index in [1.54, 1.807) is 56.9 Å². The number of aliphatic imine (C=N–C) groups is 4. The molecule has 16 nitrogen and oxygen atoms in total. The maximum Gasteiger partial charge on any atom is 2.00 e. The molecule has 8 rings (SSSR count). The summed E-state index contributed by atoms with van der Waals surface area (Å²) in [4.78, 5) is 17.0. The molecule has 18 heteroatoms. The molecule has 0 saturated carbocycles. The van der Waals surface area contributed by atoms with Crippen molar-refractivity contribution in [2.45, 2.75) is 0 Å². The molecule has 400 valence electrons. The standard InChI is InChI=1S/4C15H15N2O2.2W/c4*1-18-14-7-3-12(4-8-14)16-11-17-13-5-9-15(19-2)10-6-13;;/h4*3-11H,1-2H3;;/q4*-1;2*+2. The smallest absolute Gasteiger partial charge is 0.497 e. The second-order valence-electron chi connectivity index (χ2n) is 15.1. The Morgan fingerprint density at radius 3 is 0.474 bits per heavy atom. The summed E-state index contributed by atoms with van der Waals surface area (Å²) in [6, 6.07) is 59.8. The summed E-state index contributed by atoms with van der Waals surface area (Å²) < 4.78 is 40.6. The van der Waals surface area contributed by atoms with Gasteiger partial charge in [-0.3, -0.25) is 0 Å². The SMILES string of the molecule is COc1ccc(N=C[N-]c2ccc(OC)cc2)cc1.COc1ccc(N=C[N-]c2ccc(OC)cc2)cc1.COc1ccc(N=C[N-]c2ccc(OC)cc2)cc1.COc1ccc(N=C[N-]c2ccc(OC)cc2)cc1.[W+2].[W+2]. The molecule has 8 aromatic carbocycles. The van der Waals surface area contributed by atoms with E-state index in [4.69, 9.17) is 37.9 Å². The zero-order chi connectivity index (χ0) is 54.0. The average Bonchev–Trinajstić information content (AvgIpc) is 3.49. The fourth-order valence-electron chi connectivity index (χ4n) is 6.00. The summed E-state index contributed by atoms with van der Waals surface area (Å²) >= 11 is 0. The first-order valence-corrected chi connectivity index (χ1v) is 23.3. The van der Waals surface area contributed by atoms with Crippen LogP contribution in [0.4, 0.5) is 45.5 Å². The maximum atomic E-state index is 5.08. The van der Waals surface area contributed by atoms with Gasteiger partial charge in [0.2, 0.25) is 0 Å². The summed E-state index contributed by atoms with van der Waals surface area (Å²) in [6.45, 7) is 0. The summed E-state index contributed by atoms with van der Waals surface area (Å²) in [5, 5.41) is 17.0. The molecule has 0 radical (unpaired) electrons. The van der Waals surface area contributed by atoms with E-state index in [1.165, 1.54) is 25.4 Å². The van der Waals surface area contributed by atoms with Crippen LogP contribution in [-0.2, 0) is 42.1 Å². The van der Waals surface area contributed by atoms with E-state index in [2.05, 4.69) is 41.2 Å². The van der Waals surface area contributed by atoms with Gasteiger partial charge in [0, 0.05) is 0 Å². The maximum absolute atomic E-state index is 5.08. The number of nitrogens with zero attached hydrogens (tertiary/aromatic N) is 8. The number of benzene rings is 8. The number of ether oxygens (including phenoxy) is 8. The molecule has 0 aliphatic rings. The van der Waals surface area contributed by atoms with Crippen LogP contribution in [0.2, 0.25) is 0 Å². The first-order valence-electron chi connectivity index (χ1n) is 23.3. The topological polar surface area (TPSA) is 180 Å². The van der Waals surface area contributed by atoms with Crippen LogP contribution in [-0.4, -0.2) is 82.2 Å². The van der Waals surface area contributed by atoms with Crippen LogP contribution in [0.5, 0.6) is 46.0 Å². The molecule has 0 unspecified atom stereocenters. The van der Waals surface area contributed by atoms with Gasteiger partial charge < -0.3 is 79.1 Å². The van der Waals surface area contributed by atoms with Gasteiger partial charge in [-0.05, 0) is 143 Å². The second-order valence-corrected chi connectivity index (χ2v) is 15.1. The van der Waals surface area contributed by atoms with Crippen LogP contribution in [0.3, 0.4) is 0 Å². The molecule has 0 aliphatic carbocycles. The molecule has 0 aromatic heterocycles. The zero-order valence-electron chi connectivity index (χ0n) is 44.4. The molecule has 0 aliphatic heterocycles. The molecular weight excluding hydrogens is 1330 g/mol. The zero-order valence-corrected chi connectivity index (χ0v) is 50.3. The van der Waals surface area contributed by atoms with Crippen molar-refractivity contribution in [2.24, 2.45) is 20.0 Å². The van der Waals surface area contributed by atoms with Crippen molar-refractivity contribution in [3.8, 4) is 46.0 Å². The third-order valence-electron chi connectivity index (χ3n) is 10.2. The van der Waals surface area contributed by atoms with Gasteiger partial charge in [0.05, 0.1) is 56.9 Å². The van der Waals surface area contributed by atoms with Crippen molar-refractivity contribution >= 4 is 70.9 Å². The van der Waals surface area contributed by atoms with E-state index in [-0.39, 0.29) is 42.1 Å². The molecule has 8 aromatic rings. The third kappa shape index (κ3) is 24.0. The fraction of sp³-hybridized carbons (Fsp3) is 0.133. The third-order valence-corrected chi connectivity index (χ3v) is 10.2. The Bertz CT molecular complexity index is 2560. The second kappa shape index (κ2) is 37.2. The van der Waals surface area contributed by atoms with Crippen molar-refractivity contribution in [3.63, 3.8) is 0 Å². The Balaban J connectivity index is 0.000000271. The first-order chi connectivity index (χ1) is 37.3. The number of rotatable bonds is 20. The van der Waals surface area contributed by atoms with Crippen molar-refractivity contribution in [1.82, 2.24) is 0 Å². The molecule has 0 amide bonds. The Labute approximate surface area is 486 Å². The van der Waals surface area contributed by atoms with E-state index < -0.39 is 0 Å². The minimum Gasteiger partial charge on any atom is -0.497 e. The van der Waals surface area contributed by atoms with Crippen molar-refractivity contribution in [1.29, 1.82) is 0 Å². The Morgan fingerprint density at radius 2 is 0.346 bits per heavy atom. The molecule has 78 heavy (non-hydrogen) atoms. The summed E-state index contributed by atoms with van der Waals surface area (Å²) in [7, 11) is 13.1. The predicted octanol–water partition coefficient (Wildman–Crippen LogP) is 16.3.